The van der Waals surface area contributed by atoms with Crippen LogP contribution < -0.4 is 10.1 Å². The molecule has 10 nitrogen and oxygen atoms in total. The zero-order valence-corrected chi connectivity index (χ0v) is 19.6. The number of amides is 2. The highest BCUT2D eigenvalue weighted by molar-refractivity contribution is 6.06. The molecule has 5 rings (SSSR count). The third-order valence-electron chi connectivity index (χ3n) is 6.45. The number of imidazole rings is 1. The predicted octanol–water partition coefficient (Wildman–Crippen LogP) is 4.64. The largest absolute Gasteiger partial charge is 0.494 e. The summed E-state index contributed by atoms with van der Waals surface area (Å²) in [4.78, 5) is 32.6. The lowest BCUT2D eigenvalue weighted by atomic mass is 9.94. The van der Waals surface area contributed by atoms with E-state index < -0.39 is 29.2 Å². The molecule has 2 aromatic heterocycles. The van der Waals surface area contributed by atoms with Crippen molar-refractivity contribution < 1.29 is 28.2 Å². The SMILES string of the molecule is O=C(Nc1cn[nH]c1-c1nc2ccc(OCCC3CCN(C(=O)O)CC3)cc2[nH]1)c1c(F)cccc1F. The van der Waals surface area contributed by atoms with Gasteiger partial charge in [-0.2, -0.15) is 5.10 Å². The molecular formula is C25H24F2N6O4. The molecule has 37 heavy (non-hydrogen) atoms. The number of carboxylic acid groups (broad SMARTS) is 1. The Kier molecular flexibility index (Phi) is 6.71. The van der Waals surface area contributed by atoms with Gasteiger partial charge < -0.3 is 25.0 Å². The number of likely N-dealkylation sites (tertiary alicyclic amines) is 1. The zero-order chi connectivity index (χ0) is 25.9. The van der Waals surface area contributed by atoms with Crippen LogP contribution in [0, 0.1) is 17.6 Å². The number of H-pyrrole nitrogens is 2. The molecule has 1 aliphatic rings. The molecule has 0 atom stereocenters. The zero-order valence-electron chi connectivity index (χ0n) is 19.6. The highest BCUT2D eigenvalue weighted by atomic mass is 19.1. The fraction of sp³-hybridized carbons (Fsp3) is 0.280. The van der Waals surface area contributed by atoms with Crippen LogP contribution in [0.5, 0.6) is 5.75 Å². The number of anilines is 1. The Balaban J connectivity index is 1.24. The van der Waals surface area contributed by atoms with E-state index in [0.29, 0.717) is 53.9 Å². The molecule has 1 fully saturated rings. The molecule has 192 valence electrons. The van der Waals surface area contributed by atoms with E-state index in [1.54, 1.807) is 12.1 Å². The lowest BCUT2D eigenvalue weighted by Gasteiger charge is -2.29. The number of fused-ring (bicyclic) bond motifs is 1. The van der Waals surface area contributed by atoms with Gasteiger partial charge in [-0.15, -0.1) is 0 Å². The van der Waals surface area contributed by atoms with Gasteiger partial charge in [0.1, 0.15) is 28.6 Å². The molecule has 0 unspecified atom stereocenters. The molecule has 3 heterocycles. The van der Waals surface area contributed by atoms with Crippen molar-refractivity contribution in [3.05, 3.63) is 59.8 Å². The summed E-state index contributed by atoms with van der Waals surface area (Å²) in [6, 6.07) is 8.60. The van der Waals surface area contributed by atoms with Crippen molar-refractivity contribution in [3.63, 3.8) is 0 Å². The normalized spacial score (nSPS) is 14.2. The fourth-order valence-corrected chi connectivity index (χ4v) is 4.41. The van der Waals surface area contributed by atoms with Crippen molar-refractivity contribution in [2.75, 3.05) is 25.0 Å². The van der Waals surface area contributed by atoms with Crippen molar-refractivity contribution in [1.82, 2.24) is 25.1 Å². The molecule has 0 aliphatic carbocycles. The highest BCUT2D eigenvalue weighted by Crippen LogP contribution is 2.28. The summed E-state index contributed by atoms with van der Waals surface area (Å²) in [7, 11) is 0. The Hall–Kier alpha value is -4.48. The lowest BCUT2D eigenvalue weighted by Crippen LogP contribution is -2.37. The van der Waals surface area contributed by atoms with Gasteiger partial charge >= 0.3 is 6.09 Å². The second kappa shape index (κ2) is 10.2. The number of hydrogen-bond donors (Lipinski definition) is 4. The minimum absolute atomic E-state index is 0.206. The summed E-state index contributed by atoms with van der Waals surface area (Å²) in [5, 5.41) is 18.2. The van der Waals surface area contributed by atoms with Gasteiger partial charge in [0.15, 0.2) is 5.82 Å². The van der Waals surface area contributed by atoms with Crippen LogP contribution >= 0.6 is 0 Å². The third-order valence-corrected chi connectivity index (χ3v) is 6.45. The molecule has 2 aromatic carbocycles. The maximum Gasteiger partial charge on any atom is 0.407 e. The van der Waals surface area contributed by atoms with Gasteiger partial charge in [-0.05, 0) is 49.4 Å². The van der Waals surface area contributed by atoms with Gasteiger partial charge in [0.2, 0.25) is 0 Å². The second-order valence-electron chi connectivity index (χ2n) is 8.82. The molecule has 1 saturated heterocycles. The van der Waals surface area contributed by atoms with Crippen molar-refractivity contribution >= 4 is 28.7 Å². The van der Waals surface area contributed by atoms with E-state index in [0.717, 1.165) is 31.4 Å². The third kappa shape index (κ3) is 5.22. The van der Waals surface area contributed by atoms with E-state index in [9.17, 15) is 18.4 Å². The lowest BCUT2D eigenvalue weighted by molar-refractivity contribution is 0.101. The number of halogens is 2. The number of carbonyl (C=O) groups is 2. The number of benzene rings is 2. The molecule has 1 aliphatic heterocycles. The van der Waals surface area contributed by atoms with Gasteiger partial charge in [0, 0.05) is 19.2 Å². The van der Waals surface area contributed by atoms with Crippen LogP contribution in [0.2, 0.25) is 0 Å². The van der Waals surface area contributed by atoms with Crippen LogP contribution in [0.3, 0.4) is 0 Å². The molecule has 4 N–H and O–H groups in total. The van der Waals surface area contributed by atoms with Gasteiger partial charge in [-0.1, -0.05) is 6.07 Å². The van der Waals surface area contributed by atoms with E-state index >= 15 is 0 Å². The van der Waals surface area contributed by atoms with Gasteiger partial charge in [0.05, 0.1) is 29.5 Å². The van der Waals surface area contributed by atoms with Gasteiger partial charge in [-0.3, -0.25) is 9.89 Å². The summed E-state index contributed by atoms with van der Waals surface area (Å²) in [6.07, 6.45) is 2.94. The van der Waals surface area contributed by atoms with Crippen LogP contribution in [0.15, 0.2) is 42.6 Å². The smallest absolute Gasteiger partial charge is 0.407 e. The van der Waals surface area contributed by atoms with Crippen LogP contribution in [-0.2, 0) is 0 Å². The van der Waals surface area contributed by atoms with Gasteiger partial charge in [-0.25, -0.2) is 18.6 Å². The first kappa shape index (κ1) is 24.2. The number of piperidine rings is 1. The second-order valence-corrected chi connectivity index (χ2v) is 8.82. The summed E-state index contributed by atoms with van der Waals surface area (Å²) in [6.45, 7) is 1.61. The maximum absolute atomic E-state index is 14.0. The molecule has 0 bridgehead atoms. The first-order valence-corrected chi connectivity index (χ1v) is 11.8. The first-order valence-electron chi connectivity index (χ1n) is 11.8. The van der Waals surface area contributed by atoms with E-state index in [4.69, 9.17) is 9.84 Å². The number of nitrogens with one attached hydrogen (secondary N) is 3. The molecule has 0 radical (unpaired) electrons. The van der Waals surface area contributed by atoms with Crippen molar-refractivity contribution in [2.45, 2.75) is 19.3 Å². The average molecular weight is 511 g/mol. The highest BCUT2D eigenvalue weighted by Gasteiger charge is 2.23. The summed E-state index contributed by atoms with van der Waals surface area (Å²) in [5.41, 5.74) is 1.20. The molecule has 4 aromatic rings. The molecule has 0 saturated carbocycles. The quantitative estimate of drug-likeness (QED) is 0.286. The Bertz CT molecular complexity index is 1420. The van der Waals surface area contributed by atoms with Crippen LogP contribution in [0.1, 0.15) is 29.6 Å². The number of aromatic nitrogens is 4. The van der Waals surface area contributed by atoms with E-state index in [2.05, 4.69) is 25.5 Å². The fourth-order valence-electron chi connectivity index (χ4n) is 4.41. The van der Waals surface area contributed by atoms with Crippen molar-refractivity contribution in [3.8, 4) is 17.3 Å². The predicted molar refractivity (Wildman–Crippen MR) is 130 cm³/mol. The van der Waals surface area contributed by atoms with Crippen LogP contribution in [0.25, 0.3) is 22.6 Å². The minimum Gasteiger partial charge on any atom is -0.494 e. The number of nitrogens with zero attached hydrogens (tertiary/aromatic N) is 3. The Morgan fingerprint density at radius 2 is 1.92 bits per heavy atom. The molecule has 12 heteroatoms. The summed E-state index contributed by atoms with van der Waals surface area (Å²) < 4.78 is 33.9. The molecule has 0 spiro atoms. The first-order chi connectivity index (χ1) is 17.9. The van der Waals surface area contributed by atoms with E-state index in [1.807, 2.05) is 6.07 Å². The number of aromatic amines is 2. The topological polar surface area (TPSA) is 136 Å². The van der Waals surface area contributed by atoms with Crippen LogP contribution in [-0.4, -0.2) is 61.9 Å². The van der Waals surface area contributed by atoms with Crippen LogP contribution in [0.4, 0.5) is 19.3 Å². The molecular weight excluding hydrogens is 486 g/mol. The monoisotopic (exact) mass is 510 g/mol. The van der Waals surface area contributed by atoms with Crippen molar-refractivity contribution in [1.29, 1.82) is 0 Å². The number of rotatable bonds is 7. The summed E-state index contributed by atoms with van der Waals surface area (Å²) in [5.74, 6) is -1.43. The standard InChI is InChI=1S/C25H24F2N6O4/c26-16-2-1-3-17(27)21(16)24(34)31-20-13-28-32-22(20)23-29-18-5-4-15(12-19(18)30-23)37-11-8-14-6-9-33(10-7-14)25(35)36/h1-5,12-14H,6-11H2,(H,28,32)(H,29,30)(H,31,34)(H,35,36). The van der Waals surface area contributed by atoms with Crippen molar-refractivity contribution in [2.24, 2.45) is 5.92 Å². The van der Waals surface area contributed by atoms with E-state index in [-0.39, 0.29) is 5.69 Å². The minimum atomic E-state index is -0.968. The van der Waals surface area contributed by atoms with Gasteiger partial charge in [0.25, 0.3) is 5.91 Å². The maximum atomic E-state index is 14.0. The number of ether oxygens (including phenoxy) is 1. The van der Waals surface area contributed by atoms with E-state index in [1.165, 1.54) is 17.2 Å². The Labute approximate surface area is 209 Å². The average Bonchev–Trinajstić information content (AvgIpc) is 3.50. The summed E-state index contributed by atoms with van der Waals surface area (Å²) >= 11 is 0. The Morgan fingerprint density at radius 1 is 1.16 bits per heavy atom. The number of carbonyl (C=O) groups excluding carboxylic acids is 1. The molecule has 2 amide bonds. The Morgan fingerprint density at radius 3 is 2.65 bits per heavy atom. The number of hydrogen-bond acceptors (Lipinski definition) is 5.